The molecule has 2 heterocycles. The molecular formula is C21H24BrN3O. The van der Waals surface area contributed by atoms with Crippen LogP contribution in [0.25, 0.3) is 0 Å². The van der Waals surface area contributed by atoms with E-state index in [0.29, 0.717) is 0 Å². The number of rotatable bonds is 2. The van der Waals surface area contributed by atoms with Gasteiger partial charge in [-0.05, 0) is 55.2 Å². The van der Waals surface area contributed by atoms with Gasteiger partial charge in [0.2, 0.25) is 5.91 Å². The second kappa shape index (κ2) is 6.71. The van der Waals surface area contributed by atoms with Gasteiger partial charge in [0.15, 0.2) is 0 Å². The molecule has 0 radical (unpaired) electrons. The van der Waals surface area contributed by atoms with Gasteiger partial charge >= 0.3 is 0 Å². The Bertz CT molecular complexity index is 880. The smallest absolute Gasteiger partial charge is 0.248 e. The number of carbonyl (C=O) groups is 1. The minimum absolute atomic E-state index is 0.0954. The summed E-state index contributed by atoms with van der Waals surface area (Å²) in [7, 11) is 0. The van der Waals surface area contributed by atoms with Crippen molar-refractivity contribution in [3.63, 3.8) is 0 Å². The third kappa shape index (κ3) is 3.14. The second-order valence-electron chi connectivity index (χ2n) is 7.47. The molecule has 136 valence electrons. The first kappa shape index (κ1) is 17.6. The quantitative estimate of drug-likeness (QED) is 0.807. The third-order valence-corrected chi connectivity index (χ3v) is 6.44. The highest BCUT2D eigenvalue weighted by atomic mass is 79.9. The van der Waals surface area contributed by atoms with Gasteiger partial charge in [0.1, 0.15) is 6.04 Å². The summed E-state index contributed by atoms with van der Waals surface area (Å²) in [6.45, 7) is 9.87. The number of fused-ring (bicyclic) bond motifs is 3. The van der Waals surface area contributed by atoms with Gasteiger partial charge in [-0.15, -0.1) is 0 Å². The molecule has 1 N–H and O–H groups in total. The van der Waals surface area contributed by atoms with Crippen LogP contribution in [0.1, 0.15) is 22.3 Å². The van der Waals surface area contributed by atoms with Crippen LogP contribution in [-0.4, -0.2) is 36.5 Å². The van der Waals surface area contributed by atoms with Crippen LogP contribution in [0.2, 0.25) is 0 Å². The molecule has 2 aromatic rings. The van der Waals surface area contributed by atoms with E-state index >= 15 is 0 Å². The summed E-state index contributed by atoms with van der Waals surface area (Å²) in [4.78, 5) is 17.3. The number of aryl methyl sites for hydroxylation is 3. The zero-order valence-corrected chi connectivity index (χ0v) is 17.1. The first-order valence-corrected chi connectivity index (χ1v) is 9.88. The van der Waals surface area contributed by atoms with Crippen LogP contribution in [0.5, 0.6) is 0 Å². The summed E-state index contributed by atoms with van der Waals surface area (Å²) in [6.07, 6.45) is 0. The normalized spacial score (nSPS) is 19.8. The fraction of sp³-hybridized carbons (Fsp3) is 0.381. The summed E-state index contributed by atoms with van der Waals surface area (Å²) in [5, 5.41) is 3.09. The van der Waals surface area contributed by atoms with E-state index in [0.717, 1.165) is 42.0 Å². The number of carbonyl (C=O) groups excluding carboxylic acids is 1. The molecule has 0 aliphatic carbocycles. The molecule has 0 aromatic heterocycles. The van der Waals surface area contributed by atoms with Crippen molar-refractivity contribution in [2.45, 2.75) is 33.4 Å². The van der Waals surface area contributed by atoms with Crippen molar-refractivity contribution in [3.8, 4) is 0 Å². The minimum atomic E-state index is -0.122. The van der Waals surface area contributed by atoms with E-state index in [1.165, 1.54) is 22.3 Å². The number of anilines is 2. The van der Waals surface area contributed by atoms with Crippen molar-refractivity contribution < 1.29 is 4.79 Å². The Hall–Kier alpha value is -1.85. The van der Waals surface area contributed by atoms with Crippen molar-refractivity contribution in [1.82, 2.24) is 4.90 Å². The molecule has 26 heavy (non-hydrogen) atoms. The third-order valence-electron chi connectivity index (χ3n) is 5.59. The zero-order chi connectivity index (χ0) is 18.4. The van der Waals surface area contributed by atoms with Gasteiger partial charge in [0, 0.05) is 30.7 Å². The summed E-state index contributed by atoms with van der Waals surface area (Å²) in [5.74, 6) is 0.0954. The molecule has 2 aliphatic heterocycles. The number of benzene rings is 2. The van der Waals surface area contributed by atoms with Gasteiger partial charge in [-0.25, -0.2) is 0 Å². The van der Waals surface area contributed by atoms with E-state index in [1.807, 2.05) is 6.07 Å². The lowest BCUT2D eigenvalue weighted by Gasteiger charge is -2.45. The van der Waals surface area contributed by atoms with Gasteiger partial charge < -0.3 is 10.2 Å². The molecule has 0 spiro atoms. The molecular weight excluding hydrogens is 390 g/mol. The fourth-order valence-corrected chi connectivity index (χ4v) is 4.22. The van der Waals surface area contributed by atoms with Crippen LogP contribution in [0, 0.1) is 20.8 Å². The number of hydrogen-bond acceptors (Lipinski definition) is 3. The Balaban J connectivity index is 1.54. The van der Waals surface area contributed by atoms with E-state index in [2.05, 4.69) is 76.1 Å². The molecule has 1 atom stereocenters. The summed E-state index contributed by atoms with van der Waals surface area (Å²) in [5.41, 5.74) is 7.21. The first-order valence-electron chi connectivity index (χ1n) is 9.08. The molecule has 4 rings (SSSR count). The maximum atomic E-state index is 12.7. The van der Waals surface area contributed by atoms with E-state index in [1.54, 1.807) is 0 Å². The van der Waals surface area contributed by atoms with Crippen LogP contribution in [0.3, 0.4) is 0 Å². The van der Waals surface area contributed by atoms with Crippen LogP contribution < -0.4 is 10.2 Å². The van der Waals surface area contributed by atoms with Crippen molar-refractivity contribution in [2.75, 3.05) is 29.9 Å². The molecule has 4 nitrogen and oxygen atoms in total. The lowest BCUT2D eigenvalue weighted by atomic mass is 10.0. The average molecular weight is 414 g/mol. The Kier molecular flexibility index (Phi) is 4.53. The second-order valence-corrected chi connectivity index (χ2v) is 8.33. The van der Waals surface area contributed by atoms with E-state index in [9.17, 15) is 4.79 Å². The molecule has 5 heteroatoms. The number of amides is 1. The molecule has 0 bridgehead atoms. The molecule has 0 saturated carbocycles. The first-order chi connectivity index (χ1) is 12.4. The highest BCUT2D eigenvalue weighted by Crippen LogP contribution is 2.37. The largest absolute Gasteiger partial charge is 0.355 e. The van der Waals surface area contributed by atoms with Crippen LogP contribution in [0.4, 0.5) is 11.4 Å². The summed E-state index contributed by atoms with van der Waals surface area (Å²) >= 11 is 3.56. The maximum Gasteiger partial charge on any atom is 0.248 e. The lowest BCUT2D eigenvalue weighted by molar-refractivity contribution is -0.118. The fourth-order valence-electron chi connectivity index (χ4n) is 3.88. The van der Waals surface area contributed by atoms with Gasteiger partial charge in [-0.2, -0.15) is 0 Å². The van der Waals surface area contributed by atoms with Crippen LogP contribution in [0.15, 0.2) is 34.8 Å². The van der Waals surface area contributed by atoms with E-state index < -0.39 is 0 Å². The summed E-state index contributed by atoms with van der Waals surface area (Å²) in [6, 6.07) is 10.7. The van der Waals surface area contributed by atoms with Crippen molar-refractivity contribution in [3.05, 3.63) is 57.1 Å². The Morgan fingerprint density at radius 2 is 1.88 bits per heavy atom. The predicted molar refractivity (Wildman–Crippen MR) is 110 cm³/mol. The highest BCUT2D eigenvalue weighted by Gasteiger charge is 2.37. The zero-order valence-electron chi connectivity index (χ0n) is 15.5. The molecule has 1 saturated heterocycles. The Morgan fingerprint density at radius 3 is 2.65 bits per heavy atom. The molecule has 2 aromatic carbocycles. The van der Waals surface area contributed by atoms with Gasteiger partial charge in [-0.3, -0.25) is 9.69 Å². The topological polar surface area (TPSA) is 35.6 Å². The number of nitrogens with zero attached hydrogens (tertiary/aromatic N) is 2. The standard InChI is InChI=1S/C21H24BrN3O/c1-13-4-5-16(8-14(13)2)11-24-6-7-25-19-9-15(3)17(22)10-18(19)23-21(26)20(25)12-24/h4-5,8-10,20H,6-7,11-12H2,1-3H3,(H,23,26). The van der Waals surface area contributed by atoms with E-state index in [-0.39, 0.29) is 11.9 Å². The number of halogens is 1. The molecule has 1 unspecified atom stereocenters. The van der Waals surface area contributed by atoms with Crippen molar-refractivity contribution in [2.24, 2.45) is 0 Å². The minimum Gasteiger partial charge on any atom is -0.355 e. The molecule has 1 fully saturated rings. The Labute approximate surface area is 163 Å². The number of nitrogens with one attached hydrogen (secondary N) is 1. The van der Waals surface area contributed by atoms with Gasteiger partial charge in [0.05, 0.1) is 11.4 Å². The molecule has 1 amide bonds. The average Bonchev–Trinajstić information content (AvgIpc) is 2.60. The predicted octanol–water partition coefficient (Wildman–Crippen LogP) is 4.02. The lowest BCUT2D eigenvalue weighted by Crippen LogP contribution is -2.59. The van der Waals surface area contributed by atoms with Gasteiger partial charge in [0.25, 0.3) is 0 Å². The molecule has 2 aliphatic rings. The summed E-state index contributed by atoms with van der Waals surface area (Å²) < 4.78 is 1.03. The SMILES string of the molecule is Cc1ccc(CN2CCN3c4cc(C)c(Br)cc4NC(=O)C3C2)cc1C. The monoisotopic (exact) mass is 413 g/mol. The van der Waals surface area contributed by atoms with Crippen molar-refractivity contribution in [1.29, 1.82) is 0 Å². The van der Waals surface area contributed by atoms with Crippen molar-refractivity contribution >= 4 is 33.2 Å². The van der Waals surface area contributed by atoms with Gasteiger partial charge in [-0.1, -0.05) is 34.1 Å². The number of hydrogen-bond donors (Lipinski definition) is 1. The Morgan fingerprint density at radius 1 is 1.08 bits per heavy atom. The maximum absolute atomic E-state index is 12.7. The number of piperazine rings is 1. The van der Waals surface area contributed by atoms with Crippen LogP contribution in [-0.2, 0) is 11.3 Å². The van der Waals surface area contributed by atoms with Crippen LogP contribution >= 0.6 is 15.9 Å². The van der Waals surface area contributed by atoms with E-state index in [4.69, 9.17) is 0 Å². The highest BCUT2D eigenvalue weighted by molar-refractivity contribution is 9.10.